The zero-order chi connectivity index (χ0) is 13.9. The van der Waals surface area contributed by atoms with E-state index in [1.807, 2.05) is 0 Å². The van der Waals surface area contributed by atoms with E-state index in [9.17, 15) is 8.42 Å². The highest BCUT2D eigenvalue weighted by molar-refractivity contribution is 9.10. The second-order valence-electron chi connectivity index (χ2n) is 4.55. The van der Waals surface area contributed by atoms with E-state index in [2.05, 4.69) is 22.9 Å². The molecule has 0 N–H and O–H groups in total. The number of ether oxygens (including phenoxy) is 1. The van der Waals surface area contributed by atoms with Gasteiger partial charge in [-0.05, 0) is 31.0 Å². The molecule has 1 heterocycles. The van der Waals surface area contributed by atoms with E-state index >= 15 is 0 Å². The van der Waals surface area contributed by atoms with E-state index in [1.54, 1.807) is 22.5 Å². The molecule has 0 fully saturated rings. The van der Waals surface area contributed by atoms with Crippen molar-refractivity contribution in [3.8, 4) is 5.75 Å². The molecule has 0 spiro atoms. The van der Waals surface area contributed by atoms with Crippen LogP contribution in [0.2, 0.25) is 0 Å². The highest BCUT2D eigenvalue weighted by atomic mass is 79.9. The van der Waals surface area contributed by atoms with E-state index in [4.69, 9.17) is 4.74 Å². The first-order valence-electron chi connectivity index (χ1n) is 6.48. The number of unbranched alkanes of at least 4 members (excludes halogenated alkanes) is 1. The predicted octanol–water partition coefficient (Wildman–Crippen LogP) is 3.02. The summed E-state index contributed by atoms with van der Waals surface area (Å²) in [6, 6.07) is 5.06. The second-order valence-corrected chi connectivity index (χ2v) is 7.37. The minimum absolute atomic E-state index is 0.270. The maximum absolute atomic E-state index is 12.6. The third-order valence-corrected chi connectivity index (χ3v) is 5.53. The van der Waals surface area contributed by atoms with Gasteiger partial charge in [-0.1, -0.05) is 29.3 Å². The minimum atomic E-state index is -3.44. The van der Waals surface area contributed by atoms with Crippen molar-refractivity contribution in [2.45, 2.75) is 31.1 Å². The van der Waals surface area contributed by atoms with Gasteiger partial charge in [-0.2, -0.15) is 4.31 Å². The molecule has 0 saturated carbocycles. The van der Waals surface area contributed by atoms with E-state index in [0.29, 0.717) is 25.4 Å². The first-order chi connectivity index (χ1) is 9.05. The van der Waals surface area contributed by atoms with Crippen LogP contribution in [0.15, 0.2) is 27.6 Å². The molecule has 0 saturated heterocycles. The Balaban J connectivity index is 2.41. The first-order valence-corrected chi connectivity index (χ1v) is 8.71. The van der Waals surface area contributed by atoms with Crippen LogP contribution >= 0.6 is 15.9 Å². The van der Waals surface area contributed by atoms with Crippen LogP contribution in [0.4, 0.5) is 0 Å². The van der Waals surface area contributed by atoms with Crippen molar-refractivity contribution in [1.29, 1.82) is 0 Å². The number of hydrogen-bond acceptors (Lipinski definition) is 3. The van der Waals surface area contributed by atoms with E-state index < -0.39 is 10.0 Å². The lowest BCUT2D eigenvalue weighted by Gasteiger charge is -2.26. The monoisotopic (exact) mass is 347 g/mol. The Bertz CT molecular complexity index is 545. The highest BCUT2D eigenvalue weighted by Gasteiger charge is 2.28. The molecule has 2 rings (SSSR count). The molecule has 1 aliphatic heterocycles. The second kappa shape index (κ2) is 6.24. The zero-order valence-electron chi connectivity index (χ0n) is 10.9. The summed E-state index contributed by atoms with van der Waals surface area (Å²) in [7, 11) is -3.44. The predicted molar refractivity (Wildman–Crippen MR) is 77.9 cm³/mol. The van der Waals surface area contributed by atoms with Gasteiger partial charge in [0.1, 0.15) is 10.6 Å². The fourth-order valence-corrected chi connectivity index (χ4v) is 4.03. The number of rotatable bonds is 3. The molecular formula is C13H18BrNO3S. The molecule has 0 aromatic heterocycles. The Hall–Kier alpha value is -0.590. The van der Waals surface area contributed by atoms with Crippen LogP contribution in [0.25, 0.3) is 0 Å². The van der Waals surface area contributed by atoms with Gasteiger partial charge in [0.2, 0.25) is 10.0 Å². The van der Waals surface area contributed by atoms with Gasteiger partial charge in [-0.15, -0.1) is 0 Å². The van der Waals surface area contributed by atoms with Crippen molar-refractivity contribution >= 4 is 26.0 Å². The van der Waals surface area contributed by atoms with Crippen molar-refractivity contribution < 1.29 is 13.2 Å². The van der Waals surface area contributed by atoms with Crippen molar-refractivity contribution in [2.24, 2.45) is 0 Å². The Morgan fingerprint density at radius 2 is 2.21 bits per heavy atom. The van der Waals surface area contributed by atoms with Gasteiger partial charge >= 0.3 is 0 Å². The lowest BCUT2D eigenvalue weighted by Crippen LogP contribution is -2.35. The first kappa shape index (κ1) is 14.8. The van der Waals surface area contributed by atoms with Gasteiger partial charge in [0.05, 0.1) is 6.61 Å². The molecule has 0 aliphatic carbocycles. The Kier molecular flexibility index (Phi) is 4.86. The maximum atomic E-state index is 12.6. The summed E-state index contributed by atoms with van der Waals surface area (Å²) < 4.78 is 33.2. The quantitative estimate of drug-likeness (QED) is 0.844. The SMILES string of the molecule is CCCCN1CCCOc2cc(Br)ccc2S1(=O)=O. The molecule has 19 heavy (non-hydrogen) atoms. The highest BCUT2D eigenvalue weighted by Crippen LogP contribution is 2.31. The molecule has 4 nitrogen and oxygen atoms in total. The molecule has 106 valence electrons. The summed E-state index contributed by atoms with van der Waals surface area (Å²) in [6.45, 7) is 3.71. The van der Waals surface area contributed by atoms with Gasteiger partial charge in [0.25, 0.3) is 0 Å². The number of fused-ring (bicyclic) bond motifs is 1. The summed E-state index contributed by atoms with van der Waals surface area (Å²) in [6.07, 6.45) is 2.58. The lowest BCUT2D eigenvalue weighted by molar-refractivity contribution is 0.270. The zero-order valence-corrected chi connectivity index (χ0v) is 13.3. The molecule has 0 amide bonds. The Labute approximate surface area is 122 Å². The minimum Gasteiger partial charge on any atom is -0.492 e. The maximum Gasteiger partial charge on any atom is 0.246 e. The van der Waals surface area contributed by atoms with Crippen LogP contribution in [0.1, 0.15) is 26.2 Å². The van der Waals surface area contributed by atoms with Crippen LogP contribution in [0.5, 0.6) is 5.75 Å². The van der Waals surface area contributed by atoms with Crippen molar-refractivity contribution in [1.82, 2.24) is 4.31 Å². The van der Waals surface area contributed by atoms with E-state index in [0.717, 1.165) is 23.7 Å². The fourth-order valence-electron chi connectivity index (χ4n) is 2.06. The summed E-state index contributed by atoms with van der Waals surface area (Å²) in [5, 5.41) is 0. The van der Waals surface area contributed by atoms with Crippen LogP contribution in [-0.2, 0) is 10.0 Å². The number of hydrogen-bond donors (Lipinski definition) is 0. The summed E-state index contributed by atoms with van der Waals surface area (Å²) >= 11 is 3.34. The molecule has 0 radical (unpaired) electrons. The molecular weight excluding hydrogens is 330 g/mol. The summed E-state index contributed by atoms with van der Waals surface area (Å²) in [5.74, 6) is 0.440. The molecule has 0 bridgehead atoms. The van der Waals surface area contributed by atoms with Crippen LogP contribution in [0, 0.1) is 0 Å². The Morgan fingerprint density at radius 3 is 2.95 bits per heavy atom. The number of halogens is 1. The number of benzene rings is 1. The van der Waals surface area contributed by atoms with E-state index in [1.165, 1.54) is 0 Å². The van der Waals surface area contributed by atoms with Crippen LogP contribution in [-0.4, -0.2) is 32.4 Å². The molecule has 1 aromatic rings. The van der Waals surface area contributed by atoms with Gasteiger partial charge in [-0.3, -0.25) is 0 Å². The third kappa shape index (κ3) is 3.30. The number of sulfonamides is 1. The topological polar surface area (TPSA) is 46.6 Å². The largest absolute Gasteiger partial charge is 0.492 e. The molecule has 6 heteroatoms. The smallest absolute Gasteiger partial charge is 0.246 e. The summed E-state index contributed by atoms with van der Waals surface area (Å²) in [4.78, 5) is 0.270. The van der Waals surface area contributed by atoms with Crippen molar-refractivity contribution in [3.05, 3.63) is 22.7 Å². The third-order valence-electron chi connectivity index (χ3n) is 3.09. The average molecular weight is 348 g/mol. The average Bonchev–Trinajstić information content (AvgIpc) is 2.36. The summed E-state index contributed by atoms with van der Waals surface area (Å²) in [5.41, 5.74) is 0. The van der Waals surface area contributed by atoms with Gasteiger partial charge < -0.3 is 4.74 Å². The normalized spacial score (nSPS) is 19.1. The standard InChI is InChI=1S/C13H18BrNO3S/c1-2-3-7-15-8-4-9-18-12-10-11(14)5-6-13(12)19(15,16)17/h5-6,10H,2-4,7-9H2,1H3. The van der Waals surface area contributed by atoms with Crippen LogP contribution in [0.3, 0.4) is 0 Å². The fraction of sp³-hybridized carbons (Fsp3) is 0.538. The molecule has 1 aliphatic rings. The van der Waals surface area contributed by atoms with Crippen LogP contribution < -0.4 is 4.74 Å². The van der Waals surface area contributed by atoms with Crippen molar-refractivity contribution in [3.63, 3.8) is 0 Å². The molecule has 0 unspecified atom stereocenters. The van der Waals surface area contributed by atoms with Gasteiger partial charge in [0.15, 0.2) is 0 Å². The molecule has 1 aromatic carbocycles. The Morgan fingerprint density at radius 1 is 1.42 bits per heavy atom. The lowest BCUT2D eigenvalue weighted by atomic mass is 10.3. The molecule has 0 atom stereocenters. The van der Waals surface area contributed by atoms with Gasteiger partial charge in [-0.25, -0.2) is 8.42 Å². The van der Waals surface area contributed by atoms with Gasteiger partial charge in [0, 0.05) is 17.6 Å². The van der Waals surface area contributed by atoms with Crippen molar-refractivity contribution in [2.75, 3.05) is 19.7 Å². The van der Waals surface area contributed by atoms with E-state index in [-0.39, 0.29) is 4.90 Å². The number of nitrogens with zero attached hydrogens (tertiary/aromatic N) is 1.